The van der Waals surface area contributed by atoms with Gasteiger partial charge in [-0.3, -0.25) is 4.79 Å². The number of hydrogen-bond donors (Lipinski definition) is 1. The highest BCUT2D eigenvalue weighted by Crippen LogP contribution is 2.24. The lowest BCUT2D eigenvalue weighted by Gasteiger charge is -2.09. The van der Waals surface area contributed by atoms with E-state index in [1.165, 1.54) is 18.2 Å². The minimum atomic E-state index is -0.513. The Bertz CT molecular complexity index is 1140. The van der Waals surface area contributed by atoms with Gasteiger partial charge in [0, 0.05) is 10.7 Å². The average molecular weight is 533 g/mol. The van der Waals surface area contributed by atoms with Crippen molar-refractivity contribution in [2.75, 3.05) is 5.32 Å². The molecule has 30 heavy (non-hydrogen) atoms. The molecule has 0 atom stereocenters. The molecule has 0 radical (unpaired) electrons. The van der Waals surface area contributed by atoms with Gasteiger partial charge in [-0.25, -0.2) is 4.39 Å². The standard InChI is InChI=1S/C23H15ClFIN2O2/c24-18-5-7-20(8-6-18)28-23(29)17(13-27)10-15-4-9-22(21(26)12-15)30-14-16-2-1-3-19(25)11-16/h1-12H,14H2,(H,28,29)/b17-10-. The number of amides is 1. The van der Waals surface area contributed by atoms with Gasteiger partial charge in [0.05, 0.1) is 3.57 Å². The Kier molecular flexibility index (Phi) is 7.44. The van der Waals surface area contributed by atoms with Crippen LogP contribution in [0.2, 0.25) is 5.02 Å². The van der Waals surface area contributed by atoms with Crippen molar-refractivity contribution in [2.24, 2.45) is 0 Å². The van der Waals surface area contributed by atoms with Gasteiger partial charge in [0.25, 0.3) is 5.91 Å². The van der Waals surface area contributed by atoms with Crippen molar-refractivity contribution in [3.63, 3.8) is 0 Å². The Hall–Kier alpha value is -2.89. The van der Waals surface area contributed by atoms with Gasteiger partial charge in [-0.2, -0.15) is 5.26 Å². The quantitative estimate of drug-likeness (QED) is 0.233. The van der Waals surface area contributed by atoms with Crippen molar-refractivity contribution in [2.45, 2.75) is 6.61 Å². The number of benzene rings is 3. The molecule has 3 rings (SSSR count). The highest BCUT2D eigenvalue weighted by Gasteiger charge is 2.11. The van der Waals surface area contributed by atoms with Crippen LogP contribution in [0.5, 0.6) is 5.75 Å². The van der Waals surface area contributed by atoms with E-state index in [-0.39, 0.29) is 18.0 Å². The molecule has 7 heteroatoms. The summed E-state index contributed by atoms with van der Waals surface area (Å²) in [5, 5.41) is 12.6. The minimum absolute atomic E-state index is 0.0332. The minimum Gasteiger partial charge on any atom is -0.488 e. The lowest BCUT2D eigenvalue weighted by molar-refractivity contribution is -0.112. The first-order chi connectivity index (χ1) is 14.4. The number of nitrogens with zero attached hydrogens (tertiary/aromatic N) is 1. The average Bonchev–Trinajstić information content (AvgIpc) is 2.73. The largest absolute Gasteiger partial charge is 0.488 e. The van der Waals surface area contributed by atoms with Crippen molar-refractivity contribution in [3.05, 3.63) is 97.8 Å². The zero-order valence-corrected chi connectivity index (χ0v) is 18.4. The third-order valence-corrected chi connectivity index (χ3v) is 5.11. The van der Waals surface area contributed by atoms with E-state index in [1.54, 1.807) is 54.6 Å². The molecule has 0 aromatic heterocycles. The van der Waals surface area contributed by atoms with Crippen LogP contribution in [0.3, 0.4) is 0 Å². The van der Waals surface area contributed by atoms with E-state index in [4.69, 9.17) is 16.3 Å². The SMILES string of the molecule is N#C/C(=C/c1ccc(OCc2cccc(F)c2)c(I)c1)C(=O)Nc1ccc(Cl)cc1. The van der Waals surface area contributed by atoms with E-state index in [9.17, 15) is 14.4 Å². The number of ether oxygens (including phenoxy) is 1. The molecule has 0 unspecified atom stereocenters. The second kappa shape index (κ2) is 10.2. The molecule has 150 valence electrons. The highest BCUT2D eigenvalue weighted by atomic mass is 127. The van der Waals surface area contributed by atoms with Crippen LogP contribution < -0.4 is 10.1 Å². The van der Waals surface area contributed by atoms with Crippen molar-refractivity contribution >= 4 is 51.9 Å². The number of hydrogen-bond acceptors (Lipinski definition) is 3. The molecule has 0 aliphatic rings. The zero-order chi connectivity index (χ0) is 21.5. The second-order valence-electron chi connectivity index (χ2n) is 6.24. The molecular formula is C23H15ClFIN2O2. The molecule has 0 bridgehead atoms. The normalized spacial score (nSPS) is 10.9. The smallest absolute Gasteiger partial charge is 0.266 e. The fourth-order valence-corrected chi connectivity index (χ4v) is 3.38. The van der Waals surface area contributed by atoms with E-state index in [1.807, 2.05) is 6.07 Å². The van der Waals surface area contributed by atoms with Gasteiger partial charge in [0.1, 0.15) is 29.8 Å². The summed E-state index contributed by atoms with van der Waals surface area (Å²) >= 11 is 7.94. The predicted molar refractivity (Wildman–Crippen MR) is 124 cm³/mol. The van der Waals surface area contributed by atoms with Crippen LogP contribution in [-0.2, 0) is 11.4 Å². The first-order valence-electron chi connectivity index (χ1n) is 8.80. The van der Waals surface area contributed by atoms with Crippen molar-refractivity contribution in [1.29, 1.82) is 5.26 Å². The Balaban J connectivity index is 1.70. The third-order valence-electron chi connectivity index (χ3n) is 4.02. The molecule has 1 N–H and O–H groups in total. The van der Waals surface area contributed by atoms with Crippen LogP contribution in [-0.4, -0.2) is 5.91 Å². The van der Waals surface area contributed by atoms with Crippen LogP contribution in [0.4, 0.5) is 10.1 Å². The first-order valence-corrected chi connectivity index (χ1v) is 10.3. The predicted octanol–water partition coefficient (Wildman–Crippen LogP) is 6.21. The topological polar surface area (TPSA) is 62.1 Å². The summed E-state index contributed by atoms with van der Waals surface area (Å²) in [6.07, 6.45) is 1.50. The molecular weight excluding hydrogens is 518 g/mol. The summed E-state index contributed by atoms with van der Waals surface area (Å²) < 4.78 is 19.8. The van der Waals surface area contributed by atoms with Gasteiger partial charge in [0.15, 0.2) is 0 Å². The van der Waals surface area contributed by atoms with E-state index in [0.717, 1.165) is 9.13 Å². The van der Waals surface area contributed by atoms with Crippen LogP contribution >= 0.6 is 34.2 Å². The lowest BCUT2D eigenvalue weighted by Crippen LogP contribution is -2.13. The molecule has 0 fully saturated rings. The fourth-order valence-electron chi connectivity index (χ4n) is 2.56. The van der Waals surface area contributed by atoms with Crippen LogP contribution in [0.1, 0.15) is 11.1 Å². The summed E-state index contributed by atoms with van der Waals surface area (Å²) in [5.74, 6) is -0.199. The molecule has 0 aliphatic heterocycles. The number of carbonyl (C=O) groups is 1. The van der Waals surface area contributed by atoms with Gasteiger partial charge in [-0.05, 0) is 88.3 Å². The summed E-state index contributed by atoms with van der Waals surface area (Å²) in [6, 6.07) is 20.0. The Morgan fingerprint density at radius 3 is 2.60 bits per heavy atom. The Morgan fingerprint density at radius 1 is 1.17 bits per heavy atom. The second-order valence-corrected chi connectivity index (χ2v) is 7.84. The van der Waals surface area contributed by atoms with E-state index in [0.29, 0.717) is 22.0 Å². The maximum atomic E-state index is 13.3. The Labute approximate surface area is 192 Å². The van der Waals surface area contributed by atoms with Gasteiger partial charge < -0.3 is 10.1 Å². The van der Waals surface area contributed by atoms with Gasteiger partial charge in [-0.1, -0.05) is 29.8 Å². The van der Waals surface area contributed by atoms with Crippen molar-refractivity contribution in [3.8, 4) is 11.8 Å². The first kappa shape index (κ1) is 21.8. The van der Waals surface area contributed by atoms with Crippen LogP contribution in [0.25, 0.3) is 6.08 Å². The fraction of sp³-hybridized carbons (Fsp3) is 0.0435. The number of carbonyl (C=O) groups excluding carboxylic acids is 1. The zero-order valence-electron chi connectivity index (χ0n) is 15.5. The molecule has 0 aliphatic carbocycles. The van der Waals surface area contributed by atoms with Crippen molar-refractivity contribution in [1.82, 2.24) is 0 Å². The number of nitriles is 1. The molecule has 0 spiro atoms. The number of rotatable bonds is 6. The third kappa shape index (κ3) is 6.05. The molecule has 4 nitrogen and oxygen atoms in total. The summed E-state index contributed by atoms with van der Waals surface area (Å²) in [6.45, 7) is 0.232. The number of anilines is 1. The Morgan fingerprint density at radius 2 is 1.93 bits per heavy atom. The summed E-state index contributed by atoms with van der Waals surface area (Å²) in [5.41, 5.74) is 1.91. The van der Waals surface area contributed by atoms with E-state index < -0.39 is 5.91 Å². The van der Waals surface area contributed by atoms with Crippen molar-refractivity contribution < 1.29 is 13.9 Å². The monoisotopic (exact) mass is 532 g/mol. The summed E-state index contributed by atoms with van der Waals surface area (Å²) in [7, 11) is 0. The van der Waals surface area contributed by atoms with Crippen LogP contribution in [0, 0.1) is 20.7 Å². The van der Waals surface area contributed by atoms with Gasteiger partial charge in [0.2, 0.25) is 0 Å². The van der Waals surface area contributed by atoms with Gasteiger partial charge >= 0.3 is 0 Å². The molecule has 0 heterocycles. The molecule has 3 aromatic rings. The van der Waals surface area contributed by atoms with Gasteiger partial charge in [-0.15, -0.1) is 0 Å². The molecule has 0 saturated heterocycles. The number of halogens is 3. The maximum absolute atomic E-state index is 13.3. The van der Waals surface area contributed by atoms with E-state index >= 15 is 0 Å². The lowest BCUT2D eigenvalue weighted by atomic mass is 10.1. The maximum Gasteiger partial charge on any atom is 0.266 e. The summed E-state index contributed by atoms with van der Waals surface area (Å²) in [4.78, 5) is 12.4. The number of nitrogens with one attached hydrogen (secondary N) is 1. The van der Waals surface area contributed by atoms with E-state index in [2.05, 4.69) is 27.9 Å². The highest BCUT2D eigenvalue weighted by molar-refractivity contribution is 14.1. The molecule has 1 amide bonds. The molecule has 0 saturated carbocycles. The molecule has 3 aromatic carbocycles. The van der Waals surface area contributed by atoms with Crippen LogP contribution in [0.15, 0.2) is 72.3 Å².